The Labute approximate surface area is 197 Å². The SMILES string of the molecule is Cc1ccc(CN(C)C(=O)CN(c2ccc(C(C)C)cc2)S(=O)(=O)c2ccc(C)cc2)cc1. The molecule has 0 aliphatic carbocycles. The van der Waals surface area contributed by atoms with Crippen molar-refractivity contribution in [1.82, 2.24) is 4.90 Å². The van der Waals surface area contributed by atoms with Crippen LogP contribution in [0.5, 0.6) is 0 Å². The summed E-state index contributed by atoms with van der Waals surface area (Å²) >= 11 is 0. The van der Waals surface area contributed by atoms with Crippen molar-refractivity contribution in [3.8, 4) is 0 Å². The summed E-state index contributed by atoms with van der Waals surface area (Å²) < 4.78 is 28.3. The van der Waals surface area contributed by atoms with Crippen molar-refractivity contribution in [3.63, 3.8) is 0 Å². The van der Waals surface area contributed by atoms with Crippen LogP contribution in [0.25, 0.3) is 0 Å². The highest BCUT2D eigenvalue weighted by Gasteiger charge is 2.28. The van der Waals surface area contributed by atoms with E-state index < -0.39 is 10.0 Å². The fraction of sp³-hybridized carbons (Fsp3) is 0.296. The lowest BCUT2D eigenvalue weighted by atomic mass is 10.0. The Morgan fingerprint density at radius 3 is 1.85 bits per heavy atom. The molecule has 0 unspecified atom stereocenters. The third kappa shape index (κ3) is 6.02. The summed E-state index contributed by atoms with van der Waals surface area (Å²) in [5, 5.41) is 0. The number of nitrogens with zero attached hydrogens (tertiary/aromatic N) is 2. The molecule has 0 heterocycles. The molecular formula is C27H32N2O3S. The van der Waals surface area contributed by atoms with Gasteiger partial charge in [-0.1, -0.05) is 73.5 Å². The molecule has 0 aliphatic rings. The summed E-state index contributed by atoms with van der Waals surface area (Å²) in [7, 11) is -2.23. The van der Waals surface area contributed by atoms with Gasteiger partial charge in [0.15, 0.2) is 0 Å². The zero-order valence-corrected chi connectivity index (χ0v) is 20.8. The Bertz CT molecular complexity index is 1180. The molecule has 0 aliphatic heterocycles. The number of carbonyl (C=O) groups is 1. The molecule has 0 saturated heterocycles. The van der Waals surface area contributed by atoms with Gasteiger partial charge >= 0.3 is 0 Å². The van der Waals surface area contributed by atoms with E-state index in [1.54, 1.807) is 48.3 Å². The summed E-state index contributed by atoms with van der Waals surface area (Å²) in [6.45, 7) is 8.21. The van der Waals surface area contributed by atoms with Gasteiger partial charge in [-0.2, -0.15) is 0 Å². The van der Waals surface area contributed by atoms with Gasteiger partial charge in [-0.15, -0.1) is 0 Å². The van der Waals surface area contributed by atoms with Gasteiger partial charge in [0.2, 0.25) is 5.91 Å². The van der Waals surface area contributed by atoms with Crippen LogP contribution in [0.2, 0.25) is 0 Å². The molecule has 3 aromatic rings. The number of likely N-dealkylation sites (N-methyl/N-ethyl adjacent to an activating group) is 1. The van der Waals surface area contributed by atoms with Crippen molar-refractivity contribution >= 4 is 21.6 Å². The Morgan fingerprint density at radius 2 is 1.33 bits per heavy atom. The maximum absolute atomic E-state index is 13.6. The number of benzene rings is 3. The molecule has 6 heteroatoms. The minimum atomic E-state index is -3.93. The highest BCUT2D eigenvalue weighted by atomic mass is 32.2. The summed E-state index contributed by atoms with van der Waals surface area (Å²) in [4.78, 5) is 14.8. The molecule has 0 fully saturated rings. The first-order valence-corrected chi connectivity index (χ1v) is 12.5. The van der Waals surface area contributed by atoms with Gasteiger partial charge in [0.05, 0.1) is 10.6 Å². The van der Waals surface area contributed by atoms with Crippen LogP contribution in [-0.2, 0) is 21.4 Å². The van der Waals surface area contributed by atoms with E-state index in [-0.39, 0.29) is 17.3 Å². The average Bonchev–Trinajstić information content (AvgIpc) is 2.79. The van der Waals surface area contributed by atoms with Crippen LogP contribution < -0.4 is 4.31 Å². The molecule has 1 amide bonds. The summed E-state index contributed by atoms with van der Waals surface area (Å²) in [5.41, 5.74) is 4.68. The third-order valence-corrected chi connectivity index (χ3v) is 7.49. The maximum Gasteiger partial charge on any atom is 0.264 e. The normalized spacial score (nSPS) is 11.5. The van der Waals surface area contributed by atoms with E-state index in [1.807, 2.05) is 50.2 Å². The van der Waals surface area contributed by atoms with Crippen LogP contribution in [0.4, 0.5) is 5.69 Å². The van der Waals surface area contributed by atoms with E-state index in [2.05, 4.69) is 13.8 Å². The van der Waals surface area contributed by atoms with Crippen LogP contribution in [-0.4, -0.2) is 32.8 Å². The van der Waals surface area contributed by atoms with Gasteiger partial charge in [0, 0.05) is 13.6 Å². The number of carbonyl (C=O) groups excluding carboxylic acids is 1. The van der Waals surface area contributed by atoms with Crippen LogP contribution in [0.1, 0.15) is 42.0 Å². The zero-order chi connectivity index (χ0) is 24.2. The van der Waals surface area contributed by atoms with Crippen LogP contribution >= 0.6 is 0 Å². The quantitative estimate of drug-likeness (QED) is 0.456. The lowest BCUT2D eigenvalue weighted by molar-refractivity contribution is -0.128. The Hall–Kier alpha value is -3.12. The van der Waals surface area contributed by atoms with Crippen molar-refractivity contribution in [1.29, 1.82) is 0 Å². The fourth-order valence-corrected chi connectivity index (χ4v) is 4.89. The highest BCUT2D eigenvalue weighted by Crippen LogP contribution is 2.26. The lowest BCUT2D eigenvalue weighted by Crippen LogP contribution is -2.41. The largest absolute Gasteiger partial charge is 0.340 e. The molecule has 0 N–H and O–H groups in total. The van der Waals surface area contributed by atoms with Crippen LogP contribution in [0.15, 0.2) is 77.7 Å². The van der Waals surface area contributed by atoms with Gasteiger partial charge in [0.1, 0.15) is 6.54 Å². The molecule has 0 saturated carbocycles. The minimum Gasteiger partial charge on any atom is -0.340 e. The summed E-state index contributed by atoms with van der Waals surface area (Å²) in [6, 6.07) is 22.0. The highest BCUT2D eigenvalue weighted by molar-refractivity contribution is 7.92. The molecule has 0 atom stereocenters. The van der Waals surface area contributed by atoms with Gasteiger partial charge in [-0.25, -0.2) is 8.42 Å². The molecule has 5 nitrogen and oxygen atoms in total. The second kappa shape index (κ2) is 10.2. The first kappa shape index (κ1) is 24.5. The van der Waals surface area contributed by atoms with E-state index in [4.69, 9.17) is 0 Å². The predicted molar refractivity (Wildman–Crippen MR) is 134 cm³/mol. The summed E-state index contributed by atoms with van der Waals surface area (Å²) in [6.07, 6.45) is 0. The first-order valence-electron chi connectivity index (χ1n) is 11.1. The van der Waals surface area contributed by atoms with E-state index in [0.29, 0.717) is 18.2 Å². The average molecular weight is 465 g/mol. The zero-order valence-electron chi connectivity index (χ0n) is 19.9. The predicted octanol–water partition coefficient (Wildman–Crippen LogP) is 5.28. The second-order valence-electron chi connectivity index (χ2n) is 8.81. The van der Waals surface area contributed by atoms with Gasteiger partial charge < -0.3 is 4.90 Å². The number of hydrogen-bond donors (Lipinski definition) is 0. The molecule has 0 aromatic heterocycles. The number of sulfonamides is 1. The standard InChI is InChI=1S/C27H32N2O3S/c1-20(2)24-12-14-25(15-13-24)29(33(31,32)26-16-8-22(4)9-17-26)19-27(30)28(5)18-23-10-6-21(3)7-11-23/h6-17,20H,18-19H2,1-5H3. The van der Waals surface area contributed by atoms with Crippen molar-refractivity contribution < 1.29 is 13.2 Å². The Morgan fingerprint density at radius 1 is 0.818 bits per heavy atom. The minimum absolute atomic E-state index is 0.162. The molecule has 0 spiro atoms. The van der Waals surface area contributed by atoms with Gasteiger partial charge in [0.25, 0.3) is 10.0 Å². The molecule has 0 radical (unpaired) electrons. The monoisotopic (exact) mass is 464 g/mol. The number of hydrogen-bond acceptors (Lipinski definition) is 3. The van der Waals surface area contributed by atoms with E-state index in [1.165, 1.54) is 4.31 Å². The lowest BCUT2D eigenvalue weighted by Gasteiger charge is -2.27. The van der Waals surface area contributed by atoms with Crippen LogP contribution in [0.3, 0.4) is 0 Å². The Balaban J connectivity index is 1.91. The van der Waals surface area contributed by atoms with Crippen molar-refractivity contribution in [2.75, 3.05) is 17.9 Å². The number of amides is 1. The molecular weight excluding hydrogens is 432 g/mol. The van der Waals surface area contributed by atoms with Crippen molar-refractivity contribution in [3.05, 3.63) is 95.1 Å². The van der Waals surface area contributed by atoms with E-state index in [0.717, 1.165) is 22.3 Å². The third-order valence-electron chi connectivity index (χ3n) is 5.70. The maximum atomic E-state index is 13.6. The fourth-order valence-electron chi connectivity index (χ4n) is 3.48. The van der Waals surface area contributed by atoms with E-state index in [9.17, 15) is 13.2 Å². The smallest absolute Gasteiger partial charge is 0.264 e. The van der Waals surface area contributed by atoms with Gasteiger partial charge in [-0.05, 0) is 55.2 Å². The van der Waals surface area contributed by atoms with Crippen molar-refractivity contribution in [2.24, 2.45) is 0 Å². The molecule has 0 bridgehead atoms. The van der Waals surface area contributed by atoms with Crippen molar-refractivity contribution in [2.45, 2.75) is 45.1 Å². The second-order valence-corrected chi connectivity index (χ2v) is 10.7. The topological polar surface area (TPSA) is 57.7 Å². The number of anilines is 1. The van der Waals surface area contributed by atoms with E-state index >= 15 is 0 Å². The number of aryl methyl sites for hydroxylation is 2. The van der Waals surface area contributed by atoms with Crippen LogP contribution in [0, 0.1) is 13.8 Å². The van der Waals surface area contributed by atoms with Gasteiger partial charge in [-0.3, -0.25) is 9.10 Å². The molecule has 174 valence electrons. The molecule has 33 heavy (non-hydrogen) atoms. The number of rotatable bonds is 8. The Kier molecular flexibility index (Phi) is 7.59. The summed E-state index contributed by atoms with van der Waals surface area (Å²) in [5.74, 6) is 0.0441. The molecule has 3 aromatic carbocycles. The molecule has 3 rings (SSSR count). The first-order chi connectivity index (χ1) is 15.6.